The van der Waals surface area contributed by atoms with E-state index in [0.29, 0.717) is 13.2 Å². The van der Waals surface area contributed by atoms with Crippen molar-refractivity contribution < 1.29 is 9.47 Å². The average Bonchev–Trinajstić information content (AvgIpc) is 2.45. The van der Waals surface area contributed by atoms with E-state index in [-0.39, 0.29) is 0 Å². The van der Waals surface area contributed by atoms with Crippen LogP contribution < -0.4 is 15.2 Å². The molecule has 3 nitrogen and oxygen atoms in total. The minimum Gasteiger partial charge on any atom is -0.496 e. The molecule has 0 aromatic heterocycles. The first-order valence-electron chi connectivity index (χ1n) is 6.33. The fraction of sp³-hybridized carbons (Fsp3) is 0.250. The van der Waals surface area contributed by atoms with E-state index in [9.17, 15) is 0 Å². The number of hydrogen-bond acceptors (Lipinski definition) is 3. The number of para-hydroxylation sites is 1. The van der Waals surface area contributed by atoms with E-state index < -0.39 is 0 Å². The molecule has 2 aromatic carbocycles. The number of hydrogen-bond donors (Lipinski definition) is 1. The van der Waals surface area contributed by atoms with Crippen molar-refractivity contribution in [1.29, 1.82) is 0 Å². The Bertz CT molecular complexity index is 552. The van der Waals surface area contributed by atoms with Gasteiger partial charge < -0.3 is 15.2 Å². The predicted molar refractivity (Wildman–Crippen MR) is 77.7 cm³/mol. The van der Waals surface area contributed by atoms with Gasteiger partial charge in [-0.3, -0.25) is 0 Å². The van der Waals surface area contributed by atoms with E-state index in [1.54, 1.807) is 7.11 Å². The summed E-state index contributed by atoms with van der Waals surface area (Å²) < 4.78 is 10.9. The van der Waals surface area contributed by atoms with Crippen LogP contribution in [-0.4, -0.2) is 20.3 Å². The highest BCUT2D eigenvalue weighted by molar-refractivity contribution is 5.73. The van der Waals surface area contributed by atoms with E-state index in [1.165, 1.54) is 0 Å². The SMILES string of the molecule is COc1ccccc1-c1ccc(OCCN)cc1C. The highest BCUT2D eigenvalue weighted by Gasteiger charge is 2.08. The van der Waals surface area contributed by atoms with Gasteiger partial charge in [-0.25, -0.2) is 0 Å². The third kappa shape index (κ3) is 3.06. The Labute approximate surface area is 114 Å². The Morgan fingerprint density at radius 1 is 1.05 bits per heavy atom. The molecule has 0 fully saturated rings. The fourth-order valence-corrected chi connectivity index (χ4v) is 2.07. The molecule has 0 saturated heterocycles. The zero-order chi connectivity index (χ0) is 13.7. The minimum atomic E-state index is 0.521. The van der Waals surface area contributed by atoms with Crippen LogP contribution in [0, 0.1) is 6.92 Å². The summed E-state index contributed by atoms with van der Waals surface area (Å²) >= 11 is 0. The van der Waals surface area contributed by atoms with Gasteiger partial charge in [0.15, 0.2) is 0 Å². The average molecular weight is 257 g/mol. The summed E-state index contributed by atoms with van der Waals surface area (Å²) in [4.78, 5) is 0. The molecule has 2 aromatic rings. The summed E-state index contributed by atoms with van der Waals surface area (Å²) in [5.74, 6) is 1.72. The smallest absolute Gasteiger partial charge is 0.126 e. The van der Waals surface area contributed by atoms with Gasteiger partial charge in [-0.05, 0) is 36.2 Å². The highest BCUT2D eigenvalue weighted by Crippen LogP contribution is 2.33. The Balaban J connectivity index is 2.35. The zero-order valence-corrected chi connectivity index (χ0v) is 11.3. The molecule has 0 atom stereocenters. The van der Waals surface area contributed by atoms with Crippen LogP contribution in [0.4, 0.5) is 0 Å². The van der Waals surface area contributed by atoms with Gasteiger partial charge in [-0.1, -0.05) is 24.3 Å². The molecule has 0 bridgehead atoms. The number of ether oxygens (including phenoxy) is 2. The van der Waals surface area contributed by atoms with Crippen LogP contribution >= 0.6 is 0 Å². The molecule has 19 heavy (non-hydrogen) atoms. The lowest BCUT2D eigenvalue weighted by Gasteiger charge is -2.12. The molecular formula is C16H19NO2. The van der Waals surface area contributed by atoms with Crippen LogP contribution in [0.15, 0.2) is 42.5 Å². The van der Waals surface area contributed by atoms with Gasteiger partial charge in [0.1, 0.15) is 18.1 Å². The van der Waals surface area contributed by atoms with Crippen molar-refractivity contribution in [2.24, 2.45) is 5.73 Å². The molecule has 0 saturated carbocycles. The Kier molecular flexibility index (Phi) is 4.42. The van der Waals surface area contributed by atoms with Gasteiger partial charge >= 0.3 is 0 Å². The van der Waals surface area contributed by atoms with Crippen molar-refractivity contribution in [2.75, 3.05) is 20.3 Å². The van der Waals surface area contributed by atoms with Crippen molar-refractivity contribution in [3.63, 3.8) is 0 Å². The first-order valence-corrected chi connectivity index (χ1v) is 6.33. The largest absolute Gasteiger partial charge is 0.496 e. The minimum absolute atomic E-state index is 0.521. The first kappa shape index (κ1) is 13.4. The maximum atomic E-state index is 5.53. The van der Waals surface area contributed by atoms with Crippen LogP contribution in [-0.2, 0) is 0 Å². The summed E-state index contributed by atoms with van der Waals surface area (Å²) in [6.45, 7) is 3.12. The third-order valence-corrected chi connectivity index (χ3v) is 2.98. The van der Waals surface area contributed by atoms with Crippen LogP contribution in [0.3, 0.4) is 0 Å². The number of benzene rings is 2. The molecule has 0 heterocycles. The molecule has 2 rings (SSSR count). The van der Waals surface area contributed by atoms with Crippen LogP contribution in [0.25, 0.3) is 11.1 Å². The first-order chi connectivity index (χ1) is 9.26. The second kappa shape index (κ2) is 6.25. The van der Waals surface area contributed by atoms with E-state index >= 15 is 0 Å². The number of rotatable bonds is 5. The summed E-state index contributed by atoms with van der Waals surface area (Å²) in [5.41, 5.74) is 8.82. The molecule has 0 spiro atoms. The van der Waals surface area contributed by atoms with E-state index in [4.69, 9.17) is 15.2 Å². The normalized spacial score (nSPS) is 10.3. The lowest BCUT2D eigenvalue weighted by Crippen LogP contribution is -2.10. The maximum absolute atomic E-state index is 5.53. The molecule has 100 valence electrons. The summed E-state index contributed by atoms with van der Waals surface area (Å²) in [6, 6.07) is 14.0. The van der Waals surface area contributed by atoms with Crippen molar-refractivity contribution in [3.8, 4) is 22.6 Å². The topological polar surface area (TPSA) is 44.5 Å². The number of nitrogens with two attached hydrogens (primary N) is 1. The van der Waals surface area contributed by atoms with Crippen LogP contribution in [0.1, 0.15) is 5.56 Å². The van der Waals surface area contributed by atoms with Crippen LogP contribution in [0.2, 0.25) is 0 Å². The van der Waals surface area contributed by atoms with Gasteiger partial charge in [0.2, 0.25) is 0 Å². The summed E-state index contributed by atoms with van der Waals surface area (Å²) in [6.07, 6.45) is 0. The summed E-state index contributed by atoms with van der Waals surface area (Å²) in [5, 5.41) is 0. The highest BCUT2D eigenvalue weighted by atomic mass is 16.5. The van der Waals surface area contributed by atoms with E-state index in [2.05, 4.69) is 19.1 Å². The molecular weight excluding hydrogens is 238 g/mol. The molecule has 0 radical (unpaired) electrons. The second-order valence-corrected chi connectivity index (χ2v) is 4.31. The molecule has 0 aliphatic carbocycles. The lowest BCUT2D eigenvalue weighted by atomic mass is 9.99. The third-order valence-electron chi connectivity index (χ3n) is 2.98. The van der Waals surface area contributed by atoms with E-state index in [0.717, 1.165) is 28.2 Å². The predicted octanol–water partition coefficient (Wildman–Crippen LogP) is 3.01. The fourth-order valence-electron chi connectivity index (χ4n) is 2.07. The van der Waals surface area contributed by atoms with Gasteiger partial charge in [0.05, 0.1) is 7.11 Å². The monoisotopic (exact) mass is 257 g/mol. The van der Waals surface area contributed by atoms with Crippen molar-refractivity contribution in [2.45, 2.75) is 6.92 Å². The molecule has 0 aliphatic heterocycles. The molecule has 3 heteroatoms. The molecule has 0 unspecified atom stereocenters. The summed E-state index contributed by atoms with van der Waals surface area (Å²) in [7, 11) is 1.69. The maximum Gasteiger partial charge on any atom is 0.126 e. The Morgan fingerprint density at radius 2 is 1.84 bits per heavy atom. The molecule has 2 N–H and O–H groups in total. The van der Waals surface area contributed by atoms with Crippen molar-refractivity contribution in [3.05, 3.63) is 48.0 Å². The lowest BCUT2D eigenvalue weighted by molar-refractivity contribution is 0.328. The van der Waals surface area contributed by atoms with Crippen molar-refractivity contribution >= 4 is 0 Å². The van der Waals surface area contributed by atoms with Gasteiger partial charge in [0, 0.05) is 12.1 Å². The van der Waals surface area contributed by atoms with Crippen molar-refractivity contribution in [1.82, 2.24) is 0 Å². The molecule has 0 aliphatic rings. The van der Waals surface area contributed by atoms with Crippen LogP contribution in [0.5, 0.6) is 11.5 Å². The van der Waals surface area contributed by atoms with Gasteiger partial charge in [0.25, 0.3) is 0 Å². The zero-order valence-electron chi connectivity index (χ0n) is 11.3. The Hall–Kier alpha value is -2.00. The standard InChI is InChI=1S/C16H19NO2/c1-12-11-13(19-10-9-17)7-8-14(12)15-5-3-4-6-16(15)18-2/h3-8,11H,9-10,17H2,1-2H3. The Morgan fingerprint density at radius 3 is 2.53 bits per heavy atom. The quantitative estimate of drug-likeness (QED) is 0.895. The number of aryl methyl sites for hydroxylation is 1. The van der Waals surface area contributed by atoms with E-state index in [1.807, 2.05) is 30.3 Å². The molecule has 0 amide bonds. The van der Waals surface area contributed by atoms with Gasteiger partial charge in [-0.15, -0.1) is 0 Å². The van der Waals surface area contributed by atoms with Gasteiger partial charge in [-0.2, -0.15) is 0 Å². The second-order valence-electron chi connectivity index (χ2n) is 4.31. The number of methoxy groups -OCH3 is 1.